The quantitative estimate of drug-likeness (QED) is 0.772. The molecular weight excluding hydrogens is 336 g/mol. The molecule has 2 heterocycles. The number of nitrogens with one attached hydrogen (secondary N) is 1. The molecule has 0 aliphatic rings. The summed E-state index contributed by atoms with van der Waals surface area (Å²) in [5.41, 5.74) is 1.12. The molecule has 0 aliphatic heterocycles. The number of methoxy groups -OCH3 is 1. The van der Waals surface area contributed by atoms with Crippen LogP contribution < -0.4 is 10.1 Å². The number of carbonyl (C=O) groups excluding carboxylic acids is 1. The summed E-state index contributed by atoms with van der Waals surface area (Å²) in [5, 5.41) is 8.00. The molecule has 0 bridgehead atoms. The molecular formula is C15H15ClN4O2S. The van der Waals surface area contributed by atoms with Crippen molar-refractivity contribution in [3.8, 4) is 5.75 Å². The van der Waals surface area contributed by atoms with E-state index in [0.717, 1.165) is 4.70 Å². The molecule has 0 unspecified atom stereocenters. The molecule has 0 saturated heterocycles. The lowest BCUT2D eigenvalue weighted by atomic mass is 10.3. The van der Waals surface area contributed by atoms with Gasteiger partial charge in [0, 0.05) is 12.2 Å². The van der Waals surface area contributed by atoms with Crippen molar-refractivity contribution in [2.24, 2.45) is 0 Å². The fourth-order valence-corrected chi connectivity index (χ4v) is 3.39. The number of amides is 1. The van der Waals surface area contributed by atoms with Crippen LogP contribution in [0.4, 0.5) is 5.13 Å². The highest BCUT2D eigenvalue weighted by atomic mass is 35.5. The monoisotopic (exact) mass is 350 g/mol. The molecule has 23 heavy (non-hydrogen) atoms. The number of nitrogens with zero attached hydrogens (tertiary/aromatic N) is 3. The Morgan fingerprint density at radius 2 is 2.17 bits per heavy atom. The first-order valence-electron chi connectivity index (χ1n) is 6.99. The van der Waals surface area contributed by atoms with Crippen molar-refractivity contribution in [2.45, 2.75) is 19.9 Å². The summed E-state index contributed by atoms with van der Waals surface area (Å²) >= 11 is 7.50. The van der Waals surface area contributed by atoms with Gasteiger partial charge in [-0.2, -0.15) is 5.10 Å². The fraction of sp³-hybridized carbons (Fsp3) is 0.267. The second kappa shape index (κ2) is 6.17. The van der Waals surface area contributed by atoms with Gasteiger partial charge in [0.15, 0.2) is 5.13 Å². The molecule has 0 fully saturated rings. The van der Waals surface area contributed by atoms with Crippen LogP contribution in [0.25, 0.3) is 10.2 Å². The number of hydrogen-bond acceptors (Lipinski definition) is 5. The summed E-state index contributed by atoms with van der Waals surface area (Å²) in [6.45, 7) is 3.93. The third kappa shape index (κ3) is 2.89. The Bertz CT molecular complexity index is 872. The van der Waals surface area contributed by atoms with Gasteiger partial charge < -0.3 is 4.74 Å². The van der Waals surface area contributed by atoms with Crippen LogP contribution in [-0.4, -0.2) is 27.8 Å². The molecule has 0 saturated carbocycles. The second-order valence-electron chi connectivity index (χ2n) is 5.16. The predicted molar refractivity (Wildman–Crippen MR) is 91.7 cm³/mol. The maximum Gasteiger partial charge on any atom is 0.275 e. The van der Waals surface area contributed by atoms with Gasteiger partial charge in [-0.1, -0.05) is 22.9 Å². The van der Waals surface area contributed by atoms with E-state index in [1.807, 2.05) is 13.8 Å². The molecule has 1 amide bonds. The lowest BCUT2D eigenvalue weighted by molar-refractivity contribution is 0.101. The molecule has 2 aromatic heterocycles. The number of fused-ring (bicyclic) bond motifs is 1. The zero-order chi connectivity index (χ0) is 16.6. The summed E-state index contributed by atoms with van der Waals surface area (Å²) in [7, 11) is 1.57. The van der Waals surface area contributed by atoms with E-state index in [-0.39, 0.29) is 11.9 Å². The molecule has 6 nitrogen and oxygen atoms in total. The van der Waals surface area contributed by atoms with Gasteiger partial charge in [-0.25, -0.2) is 4.98 Å². The van der Waals surface area contributed by atoms with Crippen LogP contribution in [0.5, 0.6) is 5.75 Å². The highest BCUT2D eigenvalue weighted by Crippen LogP contribution is 2.37. The van der Waals surface area contributed by atoms with Gasteiger partial charge in [-0.05, 0) is 32.0 Å². The Morgan fingerprint density at radius 1 is 1.39 bits per heavy atom. The van der Waals surface area contributed by atoms with Crippen molar-refractivity contribution in [1.29, 1.82) is 0 Å². The Hall–Kier alpha value is -2.12. The van der Waals surface area contributed by atoms with Crippen molar-refractivity contribution in [3.63, 3.8) is 0 Å². The molecule has 120 valence electrons. The molecule has 8 heteroatoms. The number of hydrogen-bond donors (Lipinski definition) is 1. The molecule has 3 rings (SSSR count). The first-order valence-corrected chi connectivity index (χ1v) is 8.18. The van der Waals surface area contributed by atoms with E-state index in [9.17, 15) is 4.79 Å². The molecule has 0 spiro atoms. The van der Waals surface area contributed by atoms with E-state index < -0.39 is 0 Å². The minimum absolute atomic E-state index is 0.0932. The number of halogens is 1. The van der Waals surface area contributed by atoms with E-state index >= 15 is 0 Å². The molecule has 0 radical (unpaired) electrons. The van der Waals surface area contributed by atoms with Crippen LogP contribution in [-0.2, 0) is 0 Å². The number of carbonyl (C=O) groups is 1. The van der Waals surface area contributed by atoms with Crippen molar-refractivity contribution in [2.75, 3.05) is 12.4 Å². The summed E-state index contributed by atoms with van der Waals surface area (Å²) in [4.78, 5) is 16.9. The second-order valence-corrected chi connectivity index (χ2v) is 6.56. The summed E-state index contributed by atoms with van der Waals surface area (Å²) in [6.07, 6.45) is 1.60. The van der Waals surface area contributed by atoms with E-state index in [2.05, 4.69) is 15.4 Å². The van der Waals surface area contributed by atoms with Gasteiger partial charge in [-0.15, -0.1) is 0 Å². The Labute approximate surface area is 142 Å². The van der Waals surface area contributed by atoms with Crippen molar-refractivity contribution >= 4 is 44.2 Å². The highest BCUT2D eigenvalue weighted by Gasteiger charge is 2.17. The van der Waals surface area contributed by atoms with E-state index in [1.54, 1.807) is 36.2 Å². The van der Waals surface area contributed by atoms with E-state index in [4.69, 9.17) is 16.3 Å². The molecule has 0 aliphatic carbocycles. The molecule has 1 aromatic carbocycles. The topological polar surface area (TPSA) is 69.0 Å². The fourth-order valence-electron chi connectivity index (χ4n) is 2.24. The smallest absolute Gasteiger partial charge is 0.275 e. The summed E-state index contributed by atoms with van der Waals surface area (Å²) in [6, 6.07) is 5.27. The number of thiazole rings is 1. The van der Waals surface area contributed by atoms with Crippen molar-refractivity contribution in [3.05, 3.63) is 35.1 Å². The van der Waals surface area contributed by atoms with Crippen LogP contribution in [0.2, 0.25) is 5.02 Å². The Balaban J connectivity index is 1.94. The number of anilines is 1. The first kappa shape index (κ1) is 15.8. The lowest BCUT2D eigenvalue weighted by Gasteiger charge is -2.09. The third-order valence-electron chi connectivity index (χ3n) is 3.29. The number of rotatable bonds is 4. The van der Waals surface area contributed by atoms with Gasteiger partial charge in [0.2, 0.25) is 0 Å². The van der Waals surface area contributed by atoms with Crippen LogP contribution in [0.15, 0.2) is 24.4 Å². The lowest BCUT2D eigenvalue weighted by Crippen LogP contribution is -2.18. The summed E-state index contributed by atoms with van der Waals surface area (Å²) < 4.78 is 7.72. The van der Waals surface area contributed by atoms with Gasteiger partial charge in [0.05, 0.1) is 16.8 Å². The highest BCUT2D eigenvalue weighted by molar-refractivity contribution is 7.23. The van der Waals surface area contributed by atoms with Gasteiger partial charge in [0.25, 0.3) is 5.91 Å². The van der Waals surface area contributed by atoms with Crippen LogP contribution in [0.1, 0.15) is 30.4 Å². The third-order valence-corrected chi connectivity index (χ3v) is 4.72. The normalized spacial score (nSPS) is 11.2. The Morgan fingerprint density at radius 3 is 2.87 bits per heavy atom. The zero-order valence-corrected chi connectivity index (χ0v) is 14.4. The molecule has 3 aromatic rings. The first-order chi connectivity index (χ1) is 11.0. The van der Waals surface area contributed by atoms with Gasteiger partial charge >= 0.3 is 0 Å². The largest absolute Gasteiger partial charge is 0.494 e. The Kier molecular flexibility index (Phi) is 4.23. The van der Waals surface area contributed by atoms with Crippen LogP contribution >= 0.6 is 22.9 Å². The minimum Gasteiger partial charge on any atom is -0.494 e. The SMILES string of the molecule is COc1ccc(Cl)c2sc(NC(=O)c3ccnn3C(C)C)nc12. The van der Waals surface area contributed by atoms with E-state index in [1.165, 1.54) is 11.3 Å². The molecule has 1 N–H and O–H groups in total. The number of benzene rings is 1. The zero-order valence-electron chi connectivity index (χ0n) is 12.8. The van der Waals surface area contributed by atoms with Gasteiger partial charge in [0.1, 0.15) is 17.0 Å². The number of aromatic nitrogens is 3. The van der Waals surface area contributed by atoms with Gasteiger partial charge in [-0.3, -0.25) is 14.8 Å². The van der Waals surface area contributed by atoms with Crippen molar-refractivity contribution in [1.82, 2.24) is 14.8 Å². The maximum atomic E-state index is 12.4. The molecule has 0 atom stereocenters. The van der Waals surface area contributed by atoms with Crippen LogP contribution in [0.3, 0.4) is 0 Å². The standard InChI is InChI=1S/C15H15ClN4O2S/c1-8(2)20-10(6-7-17-20)14(21)19-15-18-12-11(22-3)5-4-9(16)13(12)23-15/h4-8H,1-3H3,(H,18,19,21). The number of ether oxygens (including phenoxy) is 1. The minimum atomic E-state index is -0.259. The predicted octanol–water partition coefficient (Wildman–Crippen LogP) is 3.99. The average Bonchev–Trinajstić information content (AvgIpc) is 3.14. The van der Waals surface area contributed by atoms with E-state index in [0.29, 0.717) is 27.1 Å². The summed E-state index contributed by atoms with van der Waals surface area (Å²) in [5.74, 6) is 0.360. The average molecular weight is 351 g/mol. The van der Waals surface area contributed by atoms with Crippen molar-refractivity contribution < 1.29 is 9.53 Å². The van der Waals surface area contributed by atoms with Crippen LogP contribution in [0, 0.1) is 0 Å². The maximum absolute atomic E-state index is 12.4.